The van der Waals surface area contributed by atoms with E-state index >= 15 is 0 Å². The summed E-state index contributed by atoms with van der Waals surface area (Å²) in [5.74, 6) is 0.162. The minimum absolute atomic E-state index is 0.180. The van der Waals surface area contributed by atoms with Crippen molar-refractivity contribution in [2.24, 2.45) is 5.73 Å². The van der Waals surface area contributed by atoms with E-state index in [4.69, 9.17) is 10.5 Å². The number of amides is 1. The van der Waals surface area contributed by atoms with Gasteiger partial charge in [0.15, 0.2) is 0 Å². The fourth-order valence-corrected chi connectivity index (χ4v) is 3.23. The molecule has 1 amide bonds. The van der Waals surface area contributed by atoms with Crippen molar-refractivity contribution in [2.45, 2.75) is 18.7 Å². The monoisotopic (exact) mass is 363 g/mol. The van der Waals surface area contributed by atoms with E-state index in [2.05, 4.69) is 10.0 Å². The van der Waals surface area contributed by atoms with Crippen LogP contribution in [0.25, 0.3) is 0 Å². The highest BCUT2D eigenvalue weighted by Gasteiger charge is 2.13. The number of nitrogens with two attached hydrogens (primary N) is 1. The van der Waals surface area contributed by atoms with Crippen LogP contribution < -0.4 is 20.5 Å². The zero-order valence-electron chi connectivity index (χ0n) is 14.0. The Labute approximate surface area is 147 Å². The lowest BCUT2D eigenvalue weighted by Gasteiger charge is -2.10. The molecule has 8 heteroatoms. The number of carbonyl (C=O) groups is 1. The maximum Gasteiger partial charge on any atom is 0.240 e. The van der Waals surface area contributed by atoms with Crippen molar-refractivity contribution < 1.29 is 17.9 Å². The van der Waals surface area contributed by atoms with Gasteiger partial charge in [-0.05, 0) is 48.9 Å². The third kappa shape index (κ3) is 5.77. The maximum absolute atomic E-state index is 12.2. The number of rotatable bonds is 7. The number of carbonyl (C=O) groups excluding carboxylic acids is 1. The average Bonchev–Trinajstić information content (AvgIpc) is 2.56. The number of benzene rings is 2. The molecule has 0 aromatic heterocycles. The molecule has 0 aliphatic rings. The lowest BCUT2D eigenvalue weighted by atomic mass is 10.2. The van der Waals surface area contributed by atoms with Gasteiger partial charge in [0.05, 0.1) is 18.9 Å². The molecule has 7 nitrogen and oxygen atoms in total. The van der Waals surface area contributed by atoms with E-state index in [0.29, 0.717) is 22.7 Å². The SMILES string of the molecule is COc1ccc(NS(=O)(=O)Cc2ccc(NC(=O)C(C)N)cc2)cc1. The quantitative estimate of drug-likeness (QED) is 0.696. The first-order valence-corrected chi connectivity index (χ1v) is 9.24. The van der Waals surface area contributed by atoms with E-state index in [1.54, 1.807) is 62.6 Å². The molecule has 134 valence electrons. The number of methoxy groups -OCH3 is 1. The van der Waals surface area contributed by atoms with Crippen molar-refractivity contribution in [3.63, 3.8) is 0 Å². The van der Waals surface area contributed by atoms with Crippen LogP contribution in [0.3, 0.4) is 0 Å². The van der Waals surface area contributed by atoms with Crippen molar-refractivity contribution in [2.75, 3.05) is 17.1 Å². The molecule has 0 aliphatic heterocycles. The highest BCUT2D eigenvalue weighted by molar-refractivity contribution is 7.91. The number of nitrogens with one attached hydrogen (secondary N) is 2. The van der Waals surface area contributed by atoms with Gasteiger partial charge in [0.2, 0.25) is 15.9 Å². The van der Waals surface area contributed by atoms with Crippen molar-refractivity contribution >= 4 is 27.3 Å². The summed E-state index contributed by atoms with van der Waals surface area (Å²) in [7, 11) is -2.01. The highest BCUT2D eigenvalue weighted by atomic mass is 32.2. The number of sulfonamides is 1. The first-order valence-electron chi connectivity index (χ1n) is 7.59. The third-order valence-electron chi connectivity index (χ3n) is 3.36. The van der Waals surface area contributed by atoms with Crippen LogP contribution in [0.4, 0.5) is 11.4 Å². The molecule has 2 rings (SSSR count). The van der Waals surface area contributed by atoms with E-state index in [1.807, 2.05) is 0 Å². The Morgan fingerprint density at radius 2 is 1.64 bits per heavy atom. The van der Waals surface area contributed by atoms with Crippen molar-refractivity contribution in [3.05, 3.63) is 54.1 Å². The molecule has 0 heterocycles. The summed E-state index contributed by atoms with van der Waals surface area (Å²) in [6.07, 6.45) is 0. The Hall–Kier alpha value is -2.58. The van der Waals surface area contributed by atoms with Gasteiger partial charge in [-0.3, -0.25) is 9.52 Å². The largest absolute Gasteiger partial charge is 0.497 e. The van der Waals surface area contributed by atoms with Crippen LogP contribution in [0.5, 0.6) is 5.75 Å². The third-order valence-corrected chi connectivity index (χ3v) is 4.62. The molecule has 1 atom stereocenters. The molecule has 25 heavy (non-hydrogen) atoms. The van der Waals surface area contributed by atoms with Crippen LogP contribution in [0.2, 0.25) is 0 Å². The van der Waals surface area contributed by atoms with E-state index in [0.717, 1.165) is 0 Å². The molecular weight excluding hydrogens is 342 g/mol. The molecule has 4 N–H and O–H groups in total. The van der Waals surface area contributed by atoms with E-state index in [-0.39, 0.29) is 11.7 Å². The van der Waals surface area contributed by atoms with Crippen molar-refractivity contribution in [3.8, 4) is 5.75 Å². The Morgan fingerprint density at radius 1 is 1.08 bits per heavy atom. The van der Waals surface area contributed by atoms with E-state index in [1.165, 1.54) is 0 Å². The van der Waals surface area contributed by atoms with Crippen LogP contribution in [0, 0.1) is 0 Å². The minimum atomic E-state index is -3.55. The highest BCUT2D eigenvalue weighted by Crippen LogP contribution is 2.18. The Kier molecular flexibility index (Phi) is 6.00. The molecule has 2 aromatic carbocycles. The zero-order valence-corrected chi connectivity index (χ0v) is 14.8. The predicted molar refractivity (Wildman–Crippen MR) is 98.0 cm³/mol. The summed E-state index contributed by atoms with van der Waals surface area (Å²) in [5.41, 5.74) is 7.10. The summed E-state index contributed by atoms with van der Waals surface area (Å²) in [5, 5.41) is 2.64. The standard InChI is InChI=1S/C17H21N3O4S/c1-12(18)17(21)19-14-5-3-13(4-6-14)11-25(22,23)20-15-7-9-16(24-2)10-8-15/h3-10,12,20H,11,18H2,1-2H3,(H,19,21). The van der Waals surface area contributed by atoms with Crippen LogP contribution in [0.1, 0.15) is 12.5 Å². The Bertz CT molecular complexity index is 816. The summed E-state index contributed by atoms with van der Waals surface area (Å²) < 4.78 is 32.0. The first-order chi connectivity index (χ1) is 11.8. The topological polar surface area (TPSA) is 111 Å². The van der Waals surface area contributed by atoms with Gasteiger partial charge in [0, 0.05) is 11.4 Å². The first kappa shape index (κ1) is 18.8. The molecule has 0 bridgehead atoms. The smallest absolute Gasteiger partial charge is 0.240 e. The Morgan fingerprint density at radius 3 is 2.16 bits per heavy atom. The summed E-state index contributed by atoms with van der Waals surface area (Å²) in [6.45, 7) is 1.58. The number of ether oxygens (including phenoxy) is 1. The zero-order chi connectivity index (χ0) is 18.4. The summed E-state index contributed by atoms with van der Waals surface area (Å²) in [6, 6.07) is 12.5. The molecule has 0 saturated heterocycles. The molecule has 0 aliphatic carbocycles. The summed E-state index contributed by atoms with van der Waals surface area (Å²) >= 11 is 0. The van der Waals surface area contributed by atoms with Gasteiger partial charge < -0.3 is 15.8 Å². The molecular formula is C17H21N3O4S. The van der Waals surface area contributed by atoms with Crippen LogP contribution in [-0.4, -0.2) is 27.5 Å². The molecule has 0 radical (unpaired) electrons. The van der Waals surface area contributed by atoms with Gasteiger partial charge >= 0.3 is 0 Å². The molecule has 0 spiro atoms. The van der Waals surface area contributed by atoms with E-state index < -0.39 is 16.1 Å². The molecule has 2 aromatic rings. The second-order valence-corrected chi connectivity index (χ2v) is 7.29. The predicted octanol–water partition coefficient (Wildman–Crippen LogP) is 1.92. The van der Waals surface area contributed by atoms with E-state index in [9.17, 15) is 13.2 Å². The number of hydrogen-bond donors (Lipinski definition) is 3. The van der Waals surface area contributed by atoms with Crippen molar-refractivity contribution in [1.82, 2.24) is 0 Å². The van der Waals surface area contributed by atoms with Gasteiger partial charge in [-0.15, -0.1) is 0 Å². The van der Waals surface area contributed by atoms with Gasteiger partial charge in [0.1, 0.15) is 5.75 Å². The lowest BCUT2D eigenvalue weighted by Crippen LogP contribution is -2.32. The second-order valence-electron chi connectivity index (χ2n) is 5.56. The molecule has 0 saturated carbocycles. The average molecular weight is 363 g/mol. The van der Waals surface area contributed by atoms with Gasteiger partial charge in [-0.1, -0.05) is 12.1 Å². The Balaban J connectivity index is 2.00. The van der Waals surface area contributed by atoms with Crippen LogP contribution in [-0.2, 0) is 20.6 Å². The van der Waals surface area contributed by atoms with Gasteiger partial charge in [-0.25, -0.2) is 8.42 Å². The summed E-state index contributed by atoms with van der Waals surface area (Å²) in [4.78, 5) is 11.5. The maximum atomic E-state index is 12.2. The van der Waals surface area contributed by atoms with Crippen LogP contribution >= 0.6 is 0 Å². The van der Waals surface area contributed by atoms with Crippen molar-refractivity contribution in [1.29, 1.82) is 0 Å². The fraction of sp³-hybridized carbons (Fsp3) is 0.235. The number of anilines is 2. The lowest BCUT2D eigenvalue weighted by molar-refractivity contribution is -0.117. The van der Waals surface area contributed by atoms with Gasteiger partial charge in [-0.2, -0.15) is 0 Å². The normalized spacial score (nSPS) is 12.3. The fourth-order valence-electron chi connectivity index (χ4n) is 2.03. The van der Waals surface area contributed by atoms with Crippen LogP contribution in [0.15, 0.2) is 48.5 Å². The number of hydrogen-bond acceptors (Lipinski definition) is 5. The second kappa shape index (κ2) is 8.00. The van der Waals surface area contributed by atoms with Gasteiger partial charge in [0.25, 0.3) is 0 Å². The molecule has 0 fully saturated rings. The molecule has 1 unspecified atom stereocenters. The minimum Gasteiger partial charge on any atom is -0.497 e.